The molecule has 2 heterocycles. The molecule has 0 unspecified atom stereocenters. The van der Waals surface area contributed by atoms with Crippen LogP contribution in [0, 0.1) is 0 Å². The van der Waals surface area contributed by atoms with Gasteiger partial charge in [-0.25, -0.2) is 0 Å². The molecule has 0 aliphatic rings. The minimum absolute atomic E-state index is 0.0858. The Morgan fingerprint density at radius 2 is 1.95 bits per heavy atom. The fraction of sp³-hybridized carbons (Fsp3) is 0.188. The van der Waals surface area contributed by atoms with Gasteiger partial charge in [-0.1, -0.05) is 48.2 Å². The molecule has 22 heavy (non-hydrogen) atoms. The van der Waals surface area contributed by atoms with E-state index < -0.39 is 0 Å². The summed E-state index contributed by atoms with van der Waals surface area (Å²) in [4.78, 5) is 13.9. The molecule has 3 rings (SSSR count). The van der Waals surface area contributed by atoms with E-state index in [2.05, 4.69) is 16.3 Å². The van der Waals surface area contributed by atoms with Crippen molar-refractivity contribution >= 4 is 23.1 Å². The molecule has 0 atom stereocenters. The lowest BCUT2D eigenvalue weighted by atomic mass is 10.2. The Labute approximate surface area is 136 Å². The molecule has 0 saturated carbocycles. The summed E-state index contributed by atoms with van der Waals surface area (Å²) in [5, 5.41) is 11.1. The molecule has 0 amide bonds. The van der Waals surface area contributed by atoms with E-state index in [9.17, 15) is 4.79 Å². The zero-order valence-electron chi connectivity index (χ0n) is 12.1. The standard InChI is InChI=1S/C16H15N3OS2/c1-2-19-15(20)14(12-7-4-3-5-8-12)17-18-16(19)22-11-13-9-6-10-21-13/h3-10H,2,11H2,1H3. The van der Waals surface area contributed by atoms with Gasteiger partial charge in [-0.05, 0) is 18.4 Å². The van der Waals surface area contributed by atoms with Crippen molar-refractivity contribution in [2.24, 2.45) is 0 Å². The highest BCUT2D eigenvalue weighted by molar-refractivity contribution is 7.98. The highest BCUT2D eigenvalue weighted by Gasteiger charge is 2.13. The lowest BCUT2D eigenvalue weighted by Crippen LogP contribution is -2.25. The van der Waals surface area contributed by atoms with Crippen LogP contribution in [0.15, 0.2) is 57.8 Å². The Morgan fingerprint density at radius 1 is 1.14 bits per heavy atom. The highest BCUT2D eigenvalue weighted by atomic mass is 32.2. The summed E-state index contributed by atoms with van der Waals surface area (Å²) in [5.74, 6) is 0.802. The van der Waals surface area contributed by atoms with Crippen molar-refractivity contribution < 1.29 is 0 Å². The quantitative estimate of drug-likeness (QED) is 0.670. The summed E-state index contributed by atoms with van der Waals surface area (Å²) in [7, 11) is 0. The molecular weight excluding hydrogens is 314 g/mol. The third-order valence-electron chi connectivity index (χ3n) is 3.20. The summed E-state index contributed by atoms with van der Waals surface area (Å²) in [6.07, 6.45) is 0. The van der Waals surface area contributed by atoms with Crippen LogP contribution in [0.1, 0.15) is 11.8 Å². The number of hydrogen-bond donors (Lipinski definition) is 0. The summed E-state index contributed by atoms with van der Waals surface area (Å²) >= 11 is 3.25. The van der Waals surface area contributed by atoms with Crippen molar-refractivity contribution in [2.45, 2.75) is 24.4 Å². The Balaban J connectivity index is 1.93. The first-order valence-electron chi connectivity index (χ1n) is 6.97. The topological polar surface area (TPSA) is 47.8 Å². The summed E-state index contributed by atoms with van der Waals surface area (Å²) in [6, 6.07) is 13.6. The van der Waals surface area contributed by atoms with Crippen molar-refractivity contribution in [3.05, 3.63) is 63.1 Å². The van der Waals surface area contributed by atoms with Crippen molar-refractivity contribution in [3.8, 4) is 11.3 Å². The van der Waals surface area contributed by atoms with E-state index in [0.717, 1.165) is 11.3 Å². The van der Waals surface area contributed by atoms with Gasteiger partial charge in [-0.2, -0.15) is 0 Å². The van der Waals surface area contributed by atoms with Gasteiger partial charge < -0.3 is 0 Å². The second-order valence-electron chi connectivity index (χ2n) is 4.61. The Bertz CT molecular complexity index is 798. The predicted octanol–water partition coefficient (Wildman–Crippen LogP) is 3.68. The number of hydrogen-bond acceptors (Lipinski definition) is 5. The third kappa shape index (κ3) is 3.13. The SMILES string of the molecule is CCn1c(SCc2cccs2)nnc(-c2ccccc2)c1=O. The second kappa shape index (κ2) is 6.89. The van der Waals surface area contributed by atoms with E-state index in [4.69, 9.17) is 0 Å². The molecule has 2 aromatic heterocycles. The number of thiophene rings is 1. The lowest BCUT2D eigenvalue weighted by molar-refractivity contribution is 0.596. The van der Waals surface area contributed by atoms with Gasteiger partial charge >= 0.3 is 0 Å². The van der Waals surface area contributed by atoms with Crippen molar-refractivity contribution in [2.75, 3.05) is 0 Å². The number of thioether (sulfide) groups is 1. The fourth-order valence-electron chi connectivity index (χ4n) is 2.10. The van der Waals surface area contributed by atoms with Crippen LogP contribution in [0.3, 0.4) is 0 Å². The van der Waals surface area contributed by atoms with Crippen LogP contribution >= 0.6 is 23.1 Å². The first-order valence-corrected chi connectivity index (χ1v) is 8.84. The number of rotatable bonds is 5. The molecule has 0 aliphatic carbocycles. The number of benzene rings is 1. The van der Waals surface area contributed by atoms with Gasteiger partial charge in [-0.15, -0.1) is 21.5 Å². The predicted molar refractivity (Wildman–Crippen MR) is 91.3 cm³/mol. The van der Waals surface area contributed by atoms with Gasteiger partial charge in [0.15, 0.2) is 10.9 Å². The third-order valence-corrected chi connectivity index (χ3v) is 5.28. The monoisotopic (exact) mass is 329 g/mol. The summed E-state index contributed by atoms with van der Waals surface area (Å²) < 4.78 is 1.69. The maximum Gasteiger partial charge on any atom is 0.281 e. The Hall–Kier alpha value is -1.92. The minimum Gasteiger partial charge on any atom is -0.285 e. The average Bonchev–Trinajstić information content (AvgIpc) is 3.07. The van der Waals surface area contributed by atoms with Crippen LogP contribution in [0.2, 0.25) is 0 Å². The van der Waals surface area contributed by atoms with E-state index >= 15 is 0 Å². The summed E-state index contributed by atoms with van der Waals surface area (Å²) in [5.41, 5.74) is 1.12. The van der Waals surface area contributed by atoms with Crippen molar-refractivity contribution in [1.82, 2.24) is 14.8 Å². The Kier molecular flexibility index (Phi) is 4.70. The zero-order chi connectivity index (χ0) is 15.4. The van der Waals surface area contributed by atoms with Crippen molar-refractivity contribution in [1.29, 1.82) is 0 Å². The molecule has 0 aliphatic heterocycles. The maximum atomic E-state index is 12.6. The first-order chi connectivity index (χ1) is 10.8. The molecule has 0 bridgehead atoms. The molecule has 0 spiro atoms. The fourth-order valence-corrected chi connectivity index (χ4v) is 3.87. The average molecular weight is 329 g/mol. The maximum absolute atomic E-state index is 12.6. The molecule has 0 fully saturated rings. The van der Waals surface area contributed by atoms with E-state index in [1.54, 1.807) is 27.7 Å². The van der Waals surface area contributed by atoms with Crippen LogP contribution in [0.25, 0.3) is 11.3 Å². The number of nitrogens with zero attached hydrogens (tertiary/aromatic N) is 3. The molecule has 1 aromatic carbocycles. The van der Waals surface area contributed by atoms with Gasteiger partial charge in [0.05, 0.1) is 0 Å². The largest absolute Gasteiger partial charge is 0.285 e. The summed E-state index contributed by atoms with van der Waals surface area (Å²) in [6.45, 7) is 2.54. The van der Waals surface area contributed by atoms with E-state index in [1.807, 2.05) is 48.7 Å². The lowest BCUT2D eigenvalue weighted by Gasteiger charge is -2.09. The van der Waals surface area contributed by atoms with Crippen LogP contribution in [0.5, 0.6) is 0 Å². The minimum atomic E-state index is -0.0858. The molecule has 0 saturated heterocycles. The second-order valence-corrected chi connectivity index (χ2v) is 6.59. The van der Waals surface area contributed by atoms with E-state index in [0.29, 0.717) is 17.4 Å². The highest BCUT2D eigenvalue weighted by Crippen LogP contribution is 2.23. The van der Waals surface area contributed by atoms with Crippen LogP contribution < -0.4 is 5.56 Å². The molecule has 0 N–H and O–H groups in total. The molecule has 3 aromatic rings. The number of aromatic nitrogens is 3. The van der Waals surface area contributed by atoms with Gasteiger partial charge in [0, 0.05) is 22.7 Å². The molecule has 112 valence electrons. The van der Waals surface area contributed by atoms with Crippen LogP contribution in [0.4, 0.5) is 0 Å². The molecule has 4 nitrogen and oxygen atoms in total. The zero-order valence-corrected chi connectivity index (χ0v) is 13.7. The first kappa shape index (κ1) is 15.0. The van der Waals surface area contributed by atoms with Gasteiger partial charge in [-0.3, -0.25) is 9.36 Å². The van der Waals surface area contributed by atoms with Gasteiger partial charge in [0.25, 0.3) is 5.56 Å². The smallest absolute Gasteiger partial charge is 0.281 e. The van der Waals surface area contributed by atoms with Crippen molar-refractivity contribution in [3.63, 3.8) is 0 Å². The molecule has 6 heteroatoms. The van der Waals surface area contributed by atoms with Crippen LogP contribution in [-0.2, 0) is 12.3 Å². The molecule has 0 radical (unpaired) electrons. The van der Waals surface area contributed by atoms with E-state index in [1.165, 1.54) is 4.88 Å². The normalized spacial score (nSPS) is 10.8. The van der Waals surface area contributed by atoms with E-state index in [-0.39, 0.29) is 5.56 Å². The van der Waals surface area contributed by atoms with Gasteiger partial charge in [0.2, 0.25) is 0 Å². The van der Waals surface area contributed by atoms with Gasteiger partial charge in [0.1, 0.15) is 0 Å². The molecular formula is C16H15N3OS2. The Morgan fingerprint density at radius 3 is 2.64 bits per heavy atom. The van der Waals surface area contributed by atoms with Crippen LogP contribution in [-0.4, -0.2) is 14.8 Å².